The van der Waals surface area contributed by atoms with Crippen LogP contribution in [-0.4, -0.2) is 38.8 Å². The number of hydrogen-bond acceptors (Lipinski definition) is 4. The summed E-state index contributed by atoms with van der Waals surface area (Å²) >= 11 is 5.86. The molecule has 0 spiro atoms. The minimum atomic E-state index is -3.42. The minimum Gasteiger partial charge on any atom is -0.497 e. The molecule has 162 valence electrons. The molecule has 1 saturated heterocycles. The zero-order valence-corrected chi connectivity index (χ0v) is 18.7. The summed E-state index contributed by atoms with van der Waals surface area (Å²) in [5.74, 6) is 0.487. The van der Waals surface area contributed by atoms with Gasteiger partial charge in [0.05, 0.1) is 18.9 Å². The van der Waals surface area contributed by atoms with Crippen LogP contribution >= 0.6 is 11.6 Å². The van der Waals surface area contributed by atoms with Crippen LogP contribution in [0.15, 0.2) is 48.5 Å². The van der Waals surface area contributed by atoms with E-state index in [0.29, 0.717) is 36.5 Å². The third-order valence-corrected chi connectivity index (χ3v) is 7.56. The number of piperidine rings is 1. The molecule has 1 aliphatic rings. The van der Waals surface area contributed by atoms with Crippen LogP contribution in [-0.2, 0) is 20.6 Å². The van der Waals surface area contributed by atoms with Gasteiger partial charge in [-0.1, -0.05) is 35.9 Å². The van der Waals surface area contributed by atoms with E-state index in [-0.39, 0.29) is 23.6 Å². The van der Waals surface area contributed by atoms with Crippen molar-refractivity contribution in [2.75, 3.05) is 20.2 Å². The maximum Gasteiger partial charge on any atom is 0.223 e. The summed E-state index contributed by atoms with van der Waals surface area (Å²) in [6.07, 6.45) is 1.03. The van der Waals surface area contributed by atoms with Gasteiger partial charge in [-0.05, 0) is 55.2 Å². The van der Waals surface area contributed by atoms with Crippen molar-refractivity contribution >= 4 is 27.5 Å². The predicted octanol–water partition coefficient (Wildman–Crippen LogP) is 3.77. The maximum absolute atomic E-state index is 12.7. The lowest BCUT2D eigenvalue weighted by molar-refractivity contribution is -0.126. The fraction of sp³-hybridized carbons (Fsp3) is 0.409. The molecule has 3 rings (SSSR count). The van der Waals surface area contributed by atoms with Crippen molar-refractivity contribution in [3.05, 3.63) is 64.7 Å². The Morgan fingerprint density at radius 2 is 1.73 bits per heavy atom. The summed E-state index contributed by atoms with van der Waals surface area (Å²) in [6.45, 7) is 2.64. The second-order valence-corrected chi connectivity index (χ2v) is 9.96. The fourth-order valence-corrected chi connectivity index (χ4v) is 5.28. The third kappa shape index (κ3) is 5.74. The number of benzene rings is 2. The number of carbonyl (C=O) groups excluding carboxylic acids is 1. The lowest BCUT2D eigenvalue weighted by Gasteiger charge is -2.31. The molecule has 2 aromatic carbocycles. The Bertz CT molecular complexity index is 954. The van der Waals surface area contributed by atoms with Crippen molar-refractivity contribution in [3.63, 3.8) is 0 Å². The van der Waals surface area contributed by atoms with E-state index in [1.807, 2.05) is 31.2 Å². The zero-order valence-electron chi connectivity index (χ0n) is 17.2. The van der Waals surface area contributed by atoms with Crippen LogP contribution in [0.4, 0.5) is 0 Å². The summed E-state index contributed by atoms with van der Waals surface area (Å²) in [5, 5.41) is 3.62. The Labute approximate surface area is 183 Å². The fourth-order valence-electron chi connectivity index (χ4n) is 3.59. The average Bonchev–Trinajstić information content (AvgIpc) is 2.75. The zero-order chi connectivity index (χ0) is 21.7. The number of nitrogens with zero attached hydrogens (tertiary/aromatic N) is 1. The number of carbonyl (C=O) groups is 1. The lowest BCUT2D eigenvalue weighted by Crippen LogP contribution is -2.43. The molecule has 6 nitrogen and oxygen atoms in total. The predicted molar refractivity (Wildman–Crippen MR) is 118 cm³/mol. The van der Waals surface area contributed by atoms with E-state index < -0.39 is 10.0 Å². The van der Waals surface area contributed by atoms with E-state index in [9.17, 15) is 13.2 Å². The van der Waals surface area contributed by atoms with Gasteiger partial charge in [0.15, 0.2) is 0 Å². The number of methoxy groups -OCH3 is 1. The highest BCUT2D eigenvalue weighted by Gasteiger charge is 2.31. The molecule has 8 heteroatoms. The van der Waals surface area contributed by atoms with E-state index in [1.165, 1.54) is 4.31 Å². The number of ether oxygens (including phenoxy) is 1. The molecule has 0 saturated carbocycles. The lowest BCUT2D eigenvalue weighted by atomic mass is 9.96. The number of hydrogen-bond donors (Lipinski definition) is 1. The number of amides is 1. The Morgan fingerprint density at radius 3 is 2.30 bits per heavy atom. The van der Waals surface area contributed by atoms with Gasteiger partial charge in [0, 0.05) is 24.0 Å². The van der Waals surface area contributed by atoms with Gasteiger partial charge in [-0.15, -0.1) is 0 Å². The second kappa shape index (κ2) is 9.81. The highest BCUT2D eigenvalue weighted by Crippen LogP contribution is 2.24. The van der Waals surface area contributed by atoms with Crippen LogP contribution in [0.25, 0.3) is 0 Å². The summed E-state index contributed by atoms with van der Waals surface area (Å²) in [6, 6.07) is 14.3. The Balaban J connectivity index is 1.52. The van der Waals surface area contributed by atoms with Gasteiger partial charge < -0.3 is 10.1 Å². The first-order valence-electron chi connectivity index (χ1n) is 9.95. The molecule has 0 radical (unpaired) electrons. The molecule has 0 aromatic heterocycles. The average molecular weight is 451 g/mol. The number of halogens is 1. The number of rotatable bonds is 7. The topological polar surface area (TPSA) is 75.7 Å². The van der Waals surface area contributed by atoms with E-state index in [0.717, 1.165) is 11.3 Å². The quantitative estimate of drug-likeness (QED) is 0.696. The summed E-state index contributed by atoms with van der Waals surface area (Å²) < 4.78 is 32.1. The van der Waals surface area contributed by atoms with Crippen molar-refractivity contribution < 1.29 is 17.9 Å². The molecule has 1 atom stereocenters. The van der Waals surface area contributed by atoms with Crippen molar-refractivity contribution in [1.29, 1.82) is 0 Å². The third-order valence-electron chi connectivity index (χ3n) is 5.45. The van der Waals surface area contributed by atoms with Gasteiger partial charge >= 0.3 is 0 Å². The molecule has 0 aliphatic carbocycles. The van der Waals surface area contributed by atoms with Crippen molar-refractivity contribution in [2.24, 2.45) is 5.92 Å². The van der Waals surface area contributed by atoms with Gasteiger partial charge in [0.2, 0.25) is 15.9 Å². The summed E-state index contributed by atoms with van der Waals surface area (Å²) in [5.41, 5.74) is 1.69. The van der Waals surface area contributed by atoms with E-state index in [4.69, 9.17) is 16.3 Å². The van der Waals surface area contributed by atoms with Gasteiger partial charge in [-0.3, -0.25) is 4.79 Å². The van der Waals surface area contributed by atoms with Crippen LogP contribution in [0.1, 0.15) is 36.9 Å². The summed E-state index contributed by atoms with van der Waals surface area (Å²) in [4.78, 5) is 12.7. The van der Waals surface area contributed by atoms with Crippen LogP contribution in [0, 0.1) is 5.92 Å². The van der Waals surface area contributed by atoms with E-state index >= 15 is 0 Å². The normalized spacial score (nSPS) is 16.8. The first kappa shape index (κ1) is 22.6. The SMILES string of the molecule is COc1ccc([C@@H](C)NC(=O)C2CCN(S(=O)(=O)Cc3ccc(Cl)cc3)CC2)cc1. The molecule has 1 heterocycles. The summed E-state index contributed by atoms with van der Waals surface area (Å²) in [7, 11) is -1.81. The monoisotopic (exact) mass is 450 g/mol. The molecule has 1 aliphatic heterocycles. The molecule has 30 heavy (non-hydrogen) atoms. The Hall–Kier alpha value is -2.09. The van der Waals surface area contributed by atoms with Gasteiger partial charge in [0.25, 0.3) is 0 Å². The molecular formula is C22H27ClN2O4S. The Kier molecular flexibility index (Phi) is 7.39. The van der Waals surface area contributed by atoms with Crippen LogP contribution in [0.5, 0.6) is 5.75 Å². The molecule has 0 bridgehead atoms. The second-order valence-electron chi connectivity index (χ2n) is 7.56. The van der Waals surface area contributed by atoms with Gasteiger partial charge in [-0.25, -0.2) is 12.7 Å². The molecule has 1 N–H and O–H groups in total. The maximum atomic E-state index is 12.7. The van der Waals surface area contributed by atoms with Gasteiger partial charge in [0.1, 0.15) is 5.75 Å². The van der Waals surface area contributed by atoms with Crippen molar-refractivity contribution in [2.45, 2.75) is 31.6 Å². The molecule has 0 unspecified atom stereocenters. The van der Waals surface area contributed by atoms with Crippen molar-refractivity contribution in [1.82, 2.24) is 9.62 Å². The highest BCUT2D eigenvalue weighted by atomic mass is 35.5. The largest absolute Gasteiger partial charge is 0.497 e. The molecular weight excluding hydrogens is 424 g/mol. The molecule has 1 fully saturated rings. The highest BCUT2D eigenvalue weighted by molar-refractivity contribution is 7.88. The van der Waals surface area contributed by atoms with Crippen LogP contribution in [0.2, 0.25) is 5.02 Å². The van der Waals surface area contributed by atoms with E-state index in [1.54, 1.807) is 31.4 Å². The van der Waals surface area contributed by atoms with Gasteiger partial charge in [-0.2, -0.15) is 0 Å². The minimum absolute atomic E-state index is 0.0342. The number of sulfonamides is 1. The first-order chi connectivity index (χ1) is 14.3. The molecule has 1 amide bonds. The van der Waals surface area contributed by atoms with Crippen molar-refractivity contribution in [3.8, 4) is 5.75 Å². The number of nitrogens with one attached hydrogen (secondary N) is 1. The van der Waals surface area contributed by atoms with Crippen LogP contribution in [0.3, 0.4) is 0 Å². The molecule has 2 aromatic rings. The van der Waals surface area contributed by atoms with E-state index in [2.05, 4.69) is 5.32 Å². The smallest absolute Gasteiger partial charge is 0.223 e. The standard InChI is InChI=1S/C22H27ClN2O4S/c1-16(18-5-9-21(29-2)10-6-18)24-22(26)19-11-13-25(14-12-19)30(27,28)15-17-3-7-20(23)8-4-17/h3-10,16,19H,11-15H2,1-2H3,(H,24,26)/t16-/m1/s1. The van der Waals surface area contributed by atoms with Crippen LogP contribution < -0.4 is 10.1 Å². The first-order valence-corrected chi connectivity index (χ1v) is 11.9. The Morgan fingerprint density at radius 1 is 1.13 bits per heavy atom.